The lowest BCUT2D eigenvalue weighted by molar-refractivity contribution is -0.117. The van der Waals surface area contributed by atoms with Crippen molar-refractivity contribution in [1.29, 1.82) is 0 Å². The molecule has 20 heavy (non-hydrogen) atoms. The molecule has 1 atom stereocenters. The number of hydrogen-bond acceptors (Lipinski definition) is 3. The Hall–Kier alpha value is -1.72. The van der Waals surface area contributed by atoms with Crippen molar-refractivity contribution in [2.24, 2.45) is 5.73 Å². The number of nitrogens with zero attached hydrogens (tertiary/aromatic N) is 1. The van der Waals surface area contributed by atoms with Crippen LogP contribution >= 0.6 is 15.9 Å². The zero-order valence-corrected chi connectivity index (χ0v) is 12.7. The monoisotopic (exact) mass is 333 g/mol. The van der Waals surface area contributed by atoms with Gasteiger partial charge in [0, 0.05) is 0 Å². The quantitative estimate of drug-likeness (QED) is 0.845. The number of carbonyl (C=O) groups excluding carboxylic acids is 1. The van der Waals surface area contributed by atoms with Crippen LogP contribution in [-0.2, 0) is 11.2 Å². The van der Waals surface area contributed by atoms with Gasteiger partial charge in [-0.05, 0) is 47.0 Å². The average molecular weight is 334 g/mol. The van der Waals surface area contributed by atoms with Gasteiger partial charge in [0.05, 0.1) is 17.4 Å². The lowest BCUT2D eigenvalue weighted by Gasteiger charge is -2.13. The highest BCUT2D eigenvalue weighted by Crippen LogP contribution is 2.16. The van der Waals surface area contributed by atoms with Gasteiger partial charge in [-0.3, -0.25) is 4.79 Å². The van der Waals surface area contributed by atoms with Crippen LogP contribution in [0.4, 0.5) is 5.69 Å². The fourth-order valence-electron chi connectivity index (χ4n) is 1.85. The summed E-state index contributed by atoms with van der Waals surface area (Å²) in [5.41, 5.74) is 8.41. The third-order valence-electron chi connectivity index (χ3n) is 2.94. The van der Waals surface area contributed by atoms with E-state index in [9.17, 15) is 4.79 Å². The van der Waals surface area contributed by atoms with E-state index in [-0.39, 0.29) is 5.91 Å². The van der Waals surface area contributed by atoms with Gasteiger partial charge < -0.3 is 11.1 Å². The molecule has 4 nitrogen and oxygen atoms in total. The third kappa shape index (κ3) is 3.88. The second kappa shape index (κ2) is 6.63. The molecule has 0 radical (unpaired) electrons. The first-order valence-corrected chi connectivity index (χ1v) is 7.09. The Bertz CT molecular complexity index is 601. The van der Waals surface area contributed by atoms with E-state index in [1.165, 1.54) is 0 Å². The maximum absolute atomic E-state index is 12.1. The van der Waals surface area contributed by atoms with E-state index < -0.39 is 6.04 Å². The van der Waals surface area contributed by atoms with Gasteiger partial charge in [-0.25, -0.2) is 4.98 Å². The summed E-state index contributed by atoms with van der Waals surface area (Å²) < 4.78 is 0.738. The first kappa shape index (κ1) is 14.7. The van der Waals surface area contributed by atoms with Crippen LogP contribution in [-0.4, -0.2) is 16.9 Å². The van der Waals surface area contributed by atoms with Crippen molar-refractivity contribution in [3.8, 4) is 0 Å². The van der Waals surface area contributed by atoms with Crippen LogP contribution in [0.25, 0.3) is 0 Å². The Labute approximate surface area is 126 Å². The van der Waals surface area contributed by atoms with Gasteiger partial charge in [0.2, 0.25) is 5.91 Å². The maximum atomic E-state index is 12.1. The molecule has 5 heteroatoms. The molecule has 0 bridgehead atoms. The van der Waals surface area contributed by atoms with E-state index in [1.807, 2.05) is 37.3 Å². The van der Waals surface area contributed by atoms with E-state index in [0.29, 0.717) is 12.1 Å². The number of anilines is 1. The van der Waals surface area contributed by atoms with Crippen LogP contribution in [0, 0.1) is 6.92 Å². The Kier molecular flexibility index (Phi) is 4.87. The molecule has 2 aromatic rings. The predicted octanol–water partition coefficient (Wildman–Crippen LogP) is 2.66. The van der Waals surface area contributed by atoms with E-state index in [2.05, 4.69) is 26.2 Å². The van der Waals surface area contributed by atoms with E-state index in [0.717, 1.165) is 15.9 Å². The Morgan fingerprint density at radius 2 is 2.00 bits per heavy atom. The zero-order valence-electron chi connectivity index (χ0n) is 11.1. The lowest BCUT2D eigenvalue weighted by atomic mass is 10.1. The fourth-order valence-corrected chi connectivity index (χ4v) is 2.25. The molecule has 0 aliphatic rings. The van der Waals surface area contributed by atoms with E-state index in [1.54, 1.807) is 12.1 Å². The molecular weight excluding hydrogens is 318 g/mol. The molecule has 0 fully saturated rings. The van der Waals surface area contributed by atoms with Crippen LogP contribution in [0.5, 0.6) is 0 Å². The fraction of sp³-hybridized carbons (Fsp3) is 0.200. The molecule has 0 aliphatic carbocycles. The van der Waals surface area contributed by atoms with Gasteiger partial charge in [-0.1, -0.05) is 30.3 Å². The van der Waals surface area contributed by atoms with Crippen LogP contribution in [0.15, 0.2) is 47.1 Å². The minimum absolute atomic E-state index is 0.207. The van der Waals surface area contributed by atoms with Crippen LogP contribution in [0.2, 0.25) is 0 Å². The summed E-state index contributed by atoms with van der Waals surface area (Å²) in [5, 5.41) is 2.81. The van der Waals surface area contributed by atoms with E-state index in [4.69, 9.17) is 5.73 Å². The molecule has 0 unspecified atom stereocenters. The molecule has 104 valence electrons. The molecule has 0 saturated heterocycles. The van der Waals surface area contributed by atoms with Crippen molar-refractivity contribution in [3.05, 3.63) is 58.3 Å². The minimum Gasteiger partial charge on any atom is -0.323 e. The highest BCUT2D eigenvalue weighted by Gasteiger charge is 2.15. The number of amides is 1. The van der Waals surface area contributed by atoms with Gasteiger partial charge in [-0.2, -0.15) is 0 Å². The summed E-state index contributed by atoms with van der Waals surface area (Å²) in [6, 6.07) is 12.7. The number of nitrogens with one attached hydrogen (secondary N) is 1. The lowest BCUT2D eigenvalue weighted by Crippen LogP contribution is -2.37. The summed E-state index contributed by atoms with van der Waals surface area (Å²) >= 11 is 3.29. The van der Waals surface area contributed by atoms with Crippen molar-refractivity contribution < 1.29 is 4.79 Å². The number of benzene rings is 1. The minimum atomic E-state index is -0.583. The Balaban J connectivity index is 2.01. The van der Waals surface area contributed by atoms with Gasteiger partial charge in [0.1, 0.15) is 4.60 Å². The molecule has 1 amide bonds. The van der Waals surface area contributed by atoms with Gasteiger partial charge in [0.25, 0.3) is 0 Å². The summed E-state index contributed by atoms with van der Waals surface area (Å²) in [7, 11) is 0. The summed E-state index contributed by atoms with van der Waals surface area (Å²) in [5.74, 6) is -0.207. The van der Waals surface area contributed by atoms with Gasteiger partial charge in [-0.15, -0.1) is 0 Å². The molecule has 0 aliphatic heterocycles. The Morgan fingerprint density at radius 3 is 2.65 bits per heavy atom. The summed E-state index contributed by atoms with van der Waals surface area (Å²) in [6.45, 7) is 1.84. The molecule has 2 rings (SSSR count). The summed E-state index contributed by atoms with van der Waals surface area (Å²) in [6.07, 6.45) is 0.510. The van der Waals surface area contributed by atoms with Gasteiger partial charge >= 0.3 is 0 Å². The van der Waals surface area contributed by atoms with Crippen molar-refractivity contribution in [1.82, 2.24) is 4.98 Å². The maximum Gasteiger partial charge on any atom is 0.241 e. The van der Waals surface area contributed by atoms with Crippen molar-refractivity contribution in [2.45, 2.75) is 19.4 Å². The molecule has 0 saturated carbocycles. The molecular formula is C15H16BrN3O. The smallest absolute Gasteiger partial charge is 0.241 e. The number of halogens is 1. The van der Waals surface area contributed by atoms with Crippen LogP contribution in [0.1, 0.15) is 11.3 Å². The topological polar surface area (TPSA) is 68.0 Å². The van der Waals surface area contributed by atoms with Crippen molar-refractivity contribution in [2.75, 3.05) is 5.32 Å². The third-order valence-corrected chi connectivity index (χ3v) is 3.39. The number of nitrogens with two attached hydrogens (primary N) is 1. The number of aryl methyl sites for hydroxylation is 1. The predicted molar refractivity (Wildman–Crippen MR) is 83.4 cm³/mol. The molecule has 1 aromatic heterocycles. The zero-order chi connectivity index (χ0) is 14.5. The van der Waals surface area contributed by atoms with Crippen molar-refractivity contribution >= 4 is 27.5 Å². The SMILES string of the molecule is Cc1nc(Br)ccc1NC(=O)[C@H](N)Cc1ccccc1. The number of rotatable bonds is 4. The number of carbonyl (C=O) groups is 1. The van der Waals surface area contributed by atoms with E-state index >= 15 is 0 Å². The van der Waals surface area contributed by atoms with Crippen molar-refractivity contribution in [3.63, 3.8) is 0 Å². The standard InChI is InChI=1S/C15H16BrN3O/c1-10-13(7-8-14(16)18-10)19-15(20)12(17)9-11-5-3-2-4-6-11/h2-8,12H,9,17H2,1H3,(H,19,20)/t12-/m1/s1. The highest BCUT2D eigenvalue weighted by atomic mass is 79.9. The summed E-state index contributed by atoms with van der Waals surface area (Å²) in [4.78, 5) is 16.3. The number of aromatic nitrogens is 1. The van der Waals surface area contributed by atoms with Crippen LogP contribution in [0.3, 0.4) is 0 Å². The molecule has 3 N–H and O–H groups in total. The largest absolute Gasteiger partial charge is 0.323 e. The second-order valence-corrected chi connectivity index (χ2v) is 5.36. The average Bonchev–Trinajstić information content (AvgIpc) is 2.43. The molecule has 0 spiro atoms. The molecule has 1 aromatic carbocycles. The van der Waals surface area contributed by atoms with Crippen LogP contribution < -0.4 is 11.1 Å². The van der Waals surface area contributed by atoms with Gasteiger partial charge in [0.15, 0.2) is 0 Å². The first-order chi connectivity index (χ1) is 9.56. The molecule has 1 heterocycles. The number of hydrogen-bond donors (Lipinski definition) is 2. The second-order valence-electron chi connectivity index (χ2n) is 4.55. The first-order valence-electron chi connectivity index (χ1n) is 6.30. The Morgan fingerprint density at radius 1 is 1.30 bits per heavy atom. The number of pyridine rings is 1. The highest BCUT2D eigenvalue weighted by molar-refractivity contribution is 9.10. The normalized spacial score (nSPS) is 11.9.